The average molecular weight is 461 g/mol. The summed E-state index contributed by atoms with van der Waals surface area (Å²) in [4.78, 5) is 0. The molecule has 2 aliphatic heterocycles. The second-order valence-electron chi connectivity index (χ2n) is 9.22. The highest BCUT2D eigenvalue weighted by atomic mass is 16.7. The Morgan fingerprint density at radius 2 is 1.44 bits per heavy atom. The molecule has 0 spiro atoms. The fourth-order valence-corrected chi connectivity index (χ4v) is 4.61. The Morgan fingerprint density at radius 1 is 0.824 bits per heavy atom. The molecule has 2 heterocycles. The first kappa shape index (κ1) is 23.2. The molecule has 0 N–H and O–H groups in total. The fourth-order valence-electron chi connectivity index (χ4n) is 4.61. The van der Waals surface area contributed by atoms with Crippen molar-refractivity contribution in [2.24, 2.45) is 0 Å². The molecule has 0 unspecified atom stereocenters. The molecule has 178 valence electrons. The van der Waals surface area contributed by atoms with Gasteiger partial charge in [0, 0.05) is 12.0 Å². The molecular formula is C29H32O5. The van der Waals surface area contributed by atoms with E-state index in [2.05, 4.69) is 31.2 Å². The lowest BCUT2D eigenvalue weighted by Gasteiger charge is -2.51. The van der Waals surface area contributed by atoms with E-state index < -0.39 is 11.9 Å². The van der Waals surface area contributed by atoms with E-state index in [0.29, 0.717) is 26.4 Å². The van der Waals surface area contributed by atoms with E-state index in [1.54, 1.807) is 0 Å². The summed E-state index contributed by atoms with van der Waals surface area (Å²) in [5, 5.41) is 0. The van der Waals surface area contributed by atoms with Crippen LogP contribution in [-0.4, -0.2) is 37.1 Å². The van der Waals surface area contributed by atoms with Gasteiger partial charge in [0.05, 0.1) is 38.6 Å². The molecule has 34 heavy (non-hydrogen) atoms. The number of benzene rings is 3. The molecular weight excluding hydrogens is 428 g/mol. The van der Waals surface area contributed by atoms with Crippen LogP contribution >= 0.6 is 0 Å². The van der Waals surface area contributed by atoms with Crippen molar-refractivity contribution >= 4 is 0 Å². The van der Waals surface area contributed by atoms with Crippen LogP contribution in [0.1, 0.15) is 36.3 Å². The minimum absolute atomic E-state index is 0.141. The molecule has 0 aliphatic carbocycles. The molecule has 2 aliphatic rings. The Balaban J connectivity index is 1.27. The van der Waals surface area contributed by atoms with E-state index in [1.165, 1.54) is 0 Å². The predicted octanol–water partition coefficient (Wildman–Crippen LogP) is 5.45. The molecule has 0 saturated carbocycles. The molecule has 5 atom stereocenters. The van der Waals surface area contributed by atoms with Crippen molar-refractivity contribution in [3.63, 3.8) is 0 Å². The molecule has 5 rings (SSSR count). The number of rotatable bonds is 8. The second-order valence-corrected chi connectivity index (χ2v) is 9.22. The van der Waals surface area contributed by atoms with Crippen LogP contribution in [0.25, 0.3) is 0 Å². The van der Waals surface area contributed by atoms with Gasteiger partial charge in [0.25, 0.3) is 0 Å². The largest absolute Gasteiger partial charge is 0.374 e. The first-order chi connectivity index (χ1) is 16.7. The Labute approximate surface area is 201 Å². The number of fused-ring (bicyclic) bond motifs is 1. The Bertz CT molecular complexity index is 1010. The van der Waals surface area contributed by atoms with Gasteiger partial charge in [-0.05, 0) is 18.1 Å². The number of ether oxygens (including phenoxy) is 5. The summed E-state index contributed by atoms with van der Waals surface area (Å²) in [5.74, 6) is 0. The minimum atomic E-state index is -0.557. The van der Waals surface area contributed by atoms with Gasteiger partial charge in [0.2, 0.25) is 0 Å². The standard InChI is InChI=1S/C29H32O5/c1-29-21-32-28(24-15-9-4-10-16-24)33-27(29)17-25(31-19-23-13-7-3-8-14-23)26(34-29)20-30-18-22-11-5-2-6-12-22/h2-16,25-28H,17-21H2,1H3/t25-,26+,27+,28-,29-/m1/s1. The first-order valence-electron chi connectivity index (χ1n) is 12.0. The van der Waals surface area contributed by atoms with Crippen LogP contribution in [0.5, 0.6) is 0 Å². The lowest BCUT2D eigenvalue weighted by Crippen LogP contribution is -2.62. The third-order valence-corrected chi connectivity index (χ3v) is 6.54. The molecule has 0 amide bonds. The van der Waals surface area contributed by atoms with Crippen LogP contribution in [-0.2, 0) is 36.9 Å². The summed E-state index contributed by atoms with van der Waals surface area (Å²) < 4.78 is 31.6. The lowest BCUT2D eigenvalue weighted by molar-refractivity contribution is -0.344. The summed E-state index contributed by atoms with van der Waals surface area (Å²) in [6.07, 6.45) is -0.186. The molecule has 5 heteroatoms. The van der Waals surface area contributed by atoms with Crippen LogP contribution in [0, 0.1) is 0 Å². The highest BCUT2D eigenvalue weighted by Gasteiger charge is 2.51. The van der Waals surface area contributed by atoms with Crippen molar-refractivity contribution in [1.82, 2.24) is 0 Å². The van der Waals surface area contributed by atoms with Crippen molar-refractivity contribution in [3.8, 4) is 0 Å². The predicted molar refractivity (Wildman–Crippen MR) is 129 cm³/mol. The van der Waals surface area contributed by atoms with E-state index in [0.717, 1.165) is 23.1 Å². The van der Waals surface area contributed by atoms with Gasteiger partial charge in [-0.3, -0.25) is 0 Å². The lowest BCUT2D eigenvalue weighted by atomic mass is 9.87. The van der Waals surface area contributed by atoms with Gasteiger partial charge in [-0.25, -0.2) is 0 Å². The van der Waals surface area contributed by atoms with E-state index in [-0.39, 0.29) is 18.3 Å². The van der Waals surface area contributed by atoms with Crippen molar-refractivity contribution in [2.45, 2.75) is 56.8 Å². The van der Waals surface area contributed by atoms with Crippen molar-refractivity contribution < 1.29 is 23.7 Å². The maximum atomic E-state index is 6.60. The maximum Gasteiger partial charge on any atom is 0.184 e. The van der Waals surface area contributed by atoms with Gasteiger partial charge >= 0.3 is 0 Å². The normalized spacial score (nSPS) is 28.9. The second kappa shape index (κ2) is 10.8. The molecule has 5 nitrogen and oxygen atoms in total. The van der Waals surface area contributed by atoms with Gasteiger partial charge in [0.1, 0.15) is 11.7 Å². The highest BCUT2D eigenvalue weighted by molar-refractivity contribution is 5.17. The summed E-state index contributed by atoms with van der Waals surface area (Å²) in [6.45, 7) is 4.02. The van der Waals surface area contributed by atoms with E-state index in [4.69, 9.17) is 23.7 Å². The SMILES string of the molecule is C[C@@]12CO[C@@H](c3ccccc3)O[C@H]1C[C@@H](OCc1ccccc1)[C@H](COCc1ccccc1)O2. The van der Waals surface area contributed by atoms with Crippen LogP contribution in [0.3, 0.4) is 0 Å². The smallest absolute Gasteiger partial charge is 0.184 e. The van der Waals surface area contributed by atoms with Gasteiger partial charge < -0.3 is 23.7 Å². The topological polar surface area (TPSA) is 46.2 Å². The van der Waals surface area contributed by atoms with Gasteiger partial charge in [0.15, 0.2) is 6.29 Å². The molecule has 0 bridgehead atoms. The van der Waals surface area contributed by atoms with Crippen molar-refractivity contribution in [3.05, 3.63) is 108 Å². The van der Waals surface area contributed by atoms with E-state index in [9.17, 15) is 0 Å². The first-order valence-corrected chi connectivity index (χ1v) is 12.0. The summed E-state index contributed by atoms with van der Waals surface area (Å²) in [7, 11) is 0. The van der Waals surface area contributed by atoms with Gasteiger partial charge in [-0.15, -0.1) is 0 Å². The molecule has 2 fully saturated rings. The van der Waals surface area contributed by atoms with Gasteiger partial charge in [-0.2, -0.15) is 0 Å². The van der Waals surface area contributed by atoms with Crippen molar-refractivity contribution in [1.29, 1.82) is 0 Å². The Morgan fingerprint density at radius 3 is 2.12 bits per heavy atom. The zero-order valence-electron chi connectivity index (χ0n) is 19.5. The summed E-state index contributed by atoms with van der Waals surface area (Å²) >= 11 is 0. The molecule has 3 aromatic rings. The minimum Gasteiger partial charge on any atom is -0.374 e. The molecule has 3 aromatic carbocycles. The average Bonchev–Trinajstić information content (AvgIpc) is 2.89. The number of hydrogen-bond donors (Lipinski definition) is 0. The Hall–Kier alpha value is -2.54. The summed E-state index contributed by atoms with van der Waals surface area (Å²) in [5.41, 5.74) is 2.73. The maximum absolute atomic E-state index is 6.60. The molecule has 0 aromatic heterocycles. The van der Waals surface area contributed by atoms with Crippen molar-refractivity contribution in [2.75, 3.05) is 13.2 Å². The molecule has 0 radical (unpaired) electrons. The fraction of sp³-hybridized carbons (Fsp3) is 0.379. The third-order valence-electron chi connectivity index (χ3n) is 6.54. The van der Waals surface area contributed by atoms with E-state index in [1.807, 2.05) is 66.7 Å². The summed E-state index contributed by atoms with van der Waals surface area (Å²) in [6, 6.07) is 30.4. The van der Waals surface area contributed by atoms with Crippen LogP contribution in [0.15, 0.2) is 91.0 Å². The van der Waals surface area contributed by atoms with Gasteiger partial charge in [-0.1, -0.05) is 91.0 Å². The van der Waals surface area contributed by atoms with Crippen LogP contribution in [0.2, 0.25) is 0 Å². The third kappa shape index (κ3) is 5.57. The zero-order chi connectivity index (χ0) is 23.2. The highest BCUT2D eigenvalue weighted by Crippen LogP contribution is 2.41. The molecule has 2 saturated heterocycles. The van der Waals surface area contributed by atoms with Crippen LogP contribution < -0.4 is 0 Å². The van der Waals surface area contributed by atoms with E-state index >= 15 is 0 Å². The van der Waals surface area contributed by atoms with Crippen LogP contribution in [0.4, 0.5) is 0 Å². The quantitative estimate of drug-likeness (QED) is 0.447. The Kier molecular flexibility index (Phi) is 7.38. The monoisotopic (exact) mass is 460 g/mol. The zero-order valence-corrected chi connectivity index (χ0v) is 19.5. The number of hydrogen-bond acceptors (Lipinski definition) is 5.